The van der Waals surface area contributed by atoms with E-state index in [0.29, 0.717) is 36.2 Å². The molecule has 3 N–H and O–H groups in total. The first-order chi connectivity index (χ1) is 8.49. The molecule has 0 spiro atoms. The predicted octanol–water partition coefficient (Wildman–Crippen LogP) is 1.49. The van der Waals surface area contributed by atoms with Crippen LogP contribution in [0.2, 0.25) is 0 Å². The van der Waals surface area contributed by atoms with E-state index >= 15 is 0 Å². The summed E-state index contributed by atoms with van der Waals surface area (Å²) in [5.74, 6) is 0. The first-order valence-corrected chi connectivity index (χ1v) is 7.92. The van der Waals surface area contributed by atoms with Gasteiger partial charge in [-0.1, -0.05) is 0 Å². The fourth-order valence-corrected chi connectivity index (χ4v) is 3.38. The maximum atomic E-state index is 12.1. The Morgan fingerprint density at radius 1 is 1.33 bits per heavy atom. The number of hydrogen-bond acceptors (Lipinski definition) is 4. The van der Waals surface area contributed by atoms with Crippen LogP contribution in [0.3, 0.4) is 0 Å². The summed E-state index contributed by atoms with van der Waals surface area (Å²) in [6.45, 7) is 1.19. The van der Waals surface area contributed by atoms with Gasteiger partial charge in [-0.05, 0) is 47.0 Å². The maximum absolute atomic E-state index is 12.1. The summed E-state index contributed by atoms with van der Waals surface area (Å²) >= 11 is 3.24. The summed E-state index contributed by atoms with van der Waals surface area (Å²) in [5, 5.41) is 0. The van der Waals surface area contributed by atoms with Crippen LogP contribution in [0.4, 0.5) is 5.69 Å². The Bertz CT molecular complexity index is 527. The summed E-state index contributed by atoms with van der Waals surface area (Å²) < 4.78 is 32.8. The highest BCUT2D eigenvalue weighted by molar-refractivity contribution is 9.10. The minimum Gasteiger partial charge on any atom is -0.398 e. The van der Waals surface area contributed by atoms with E-state index in [9.17, 15) is 8.42 Å². The van der Waals surface area contributed by atoms with Crippen LogP contribution >= 0.6 is 15.9 Å². The zero-order valence-electron chi connectivity index (χ0n) is 9.73. The van der Waals surface area contributed by atoms with E-state index in [1.54, 1.807) is 6.07 Å². The molecule has 0 amide bonds. The second kappa shape index (κ2) is 5.56. The largest absolute Gasteiger partial charge is 0.398 e. The standard InChI is InChI=1S/C11H15BrN2O3S/c12-10-2-1-9(7-11(10)13)18(15,16)14-8-3-5-17-6-4-8/h1-2,7-8,14H,3-6,13H2. The molecule has 0 unspecified atom stereocenters. The number of halogens is 1. The molecule has 1 aromatic rings. The van der Waals surface area contributed by atoms with Gasteiger partial charge in [0.25, 0.3) is 0 Å². The van der Waals surface area contributed by atoms with Crippen LogP contribution in [0.5, 0.6) is 0 Å². The Hall–Kier alpha value is -0.630. The molecule has 18 heavy (non-hydrogen) atoms. The second-order valence-corrected chi connectivity index (χ2v) is 6.76. The smallest absolute Gasteiger partial charge is 0.240 e. The summed E-state index contributed by atoms with van der Waals surface area (Å²) in [7, 11) is -3.51. The molecule has 1 heterocycles. The Kier molecular flexibility index (Phi) is 4.26. The second-order valence-electron chi connectivity index (χ2n) is 4.19. The van der Waals surface area contributed by atoms with Gasteiger partial charge in [-0.3, -0.25) is 0 Å². The SMILES string of the molecule is Nc1cc(S(=O)(=O)NC2CCOCC2)ccc1Br. The molecule has 0 aliphatic carbocycles. The molecule has 1 aliphatic rings. The number of benzene rings is 1. The van der Waals surface area contributed by atoms with Crippen LogP contribution in [0, 0.1) is 0 Å². The molecular weight excluding hydrogens is 320 g/mol. The van der Waals surface area contributed by atoms with Gasteiger partial charge in [0, 0.05) is 29.4 Å². The summed E-state index contributed by atoms with van der Waals surface area (Å²) in [5.41, 5.74) is 6.10. The monoisotopic (exact) mass is 334 g/mol. The number of hydrogen-bond donors (Lipinski definition) is 2. The highest BCUT2D eigenvalue weighted by atomic mass is 79.9. The molecule has 1 fully saturated rings. The molecule has 0 atom stereocenters. The van der Waals surface area contributed by atoms with Crippen molar-refractivity contribution in [3.05, 3.63) is 22.7 Å². The van der Waals surface area contributed by atoms with Gasteiger partial charge < -0.3 is 10.5 Å². The van der Waals surface area contributed by atoms with Gasteiger partial charge in [0.2, 0.25) is 10.0 Å². The normalized spacial score (nSPS) is 17.8. The van der Waals surface area contributed by atoms with Crippen molar-refractivity contribution >= 4 is 31.6 Å². The van der Waals surface area contributed by atoms with Crippen LogP contribution in [0.25, 0.3) is 0 Å². The first kappa shape index (κ1) is 13.8. The van der Waals surface area contributed by atoms with Gasteiger partial charge in [0.05, 0.1) is 4.90 Å². The lowest BCUT2D eigenvalue weighted by Gasteiger charge is -2.23. The molecule has 5 nitrogen and oxygen atoms in total. The quantitative estimate of drug-likeness (QED) is 0.820. The number of anilines is 1. The van der Waals surface area contributed by atoms with E-state index in [2.05, 4.69) is 20.7 Å². The van der Waals surface area contributed by atoms with Crippen molar-refractivity contribution in [1.82, 2.24) is 4.72 Å². The van der Waals surface area contributed by atoms with Crippen molar-refractivity contribution in [2.75, 3.05) is 18.9 Å². The predicted molar refractivity (Wildman–Crippen MR) is 72.7 cm³/mol. The molecule has 1 aromatic carbocycles. The highest BCUT2D eigenvalue weighted by Gasteiger charge is 2.22. The lowest BCUT2D eigenvalue weighted by molar-refractivity contribution is 0.0832. The van der Waals surface area contributed by atoms with Crippen LogP contribution in [0.1, 0.15) is 12.8 Å². The Balaban J connectivity index is 2.16. The zero-order chi connectivity index (χ0) is 13.2. The molecule has 0 aromatic heterocycles. The summed E-state index contributed by atoms with van der Waals surface area (Å²) in [4.78, 5) is 0.190. The number of rotatable bonds is 3. The number of nitrogens with one attached hydrogen (secondary N) is 1. The third kappa shape index (κ3) is 3.23. The lowest BCUT2D eigenvalue weighted by atomic mass is 10.1. The van der Waals surface area contributed by atoms with Gasteiger partial charge >= 0.3 is 0 Å². The van der Waals surface area contributed by atoms with Crippen molar-refractivity contribution in [2.45, 2.75) is 23.8 Å². The van der Waals surface area contributed by atoms with Gasteiger partial charge in [-0.2, -0.15) is 0 Å². The third-order valence-electron chi connectivity index (χ3n) is 2.82. The molecule has 1 saturated heterocycles. The van der Waals surface area contributed by atoms with Crippen molar-refractivity contribution in [1.29, 1.82) is 0 Å². The third-order valence-corrected chi connectivity index (χ3v) is 5.06. The van der Waals surface area contributed by atoms with E-state index in [0.717, 1.165) is 0 Å². The summed E-state index contributed by atoms with van der Waals surface area (Å²) in [6, 6.07) is 4.55. The van der Waals surface area contributed by atoms with Gasteiger partial charge in [-0.15, -0.1) is 0 Å². The maximum Gasteiger partial charge on any atom is 0.240 e. The Labute approximate surface area is 115 Å². The van der Waals surface area contributed by atoms with E-state index < -0.39 is 10.0 Å². The molecule has 100 valence electrons. The van der Waals surface area contributed by atoms with Crippen LogP contribution in [-0.2, 0) is 14.8 Å². The molecular formula is C11H15BrN2O3S. The number of nitrogen functional groups attached to an aromatic ring is 1. The van der Waals surface area contributed by atoms with Crippen LogP contribution in [0.15, 0.2) is 27.6 Å². The molecule has 7 heteroatoms. The Morgan fingerprint density at radius 3 is 2.61 bits per heavy atom. The van der Waals surface area contributed by atoms with E-state index in [-0.39, 0.29) is 10.9 Å². The fraction of sp³-hybridized carbons (Fsp3) is 0.455. The Morgan fingerprint density at radius 2 is 2.00 bits per heavy atom. The van der Waals surface area contributed by atoms with Gasteiger partial charge in [-0.25, -0.2) is 13.1 Å². The topological polar surface area (TPSA) is 81.4 Å². The van der Waals surface area contributed by atoms with Crippen molar-refractivity contribution < 1.29 is 13.2 Å². The van der Waals surface area contributed by atoms with E-state index in [1.165, 1.54) is 12.1 Å². The summed E-state index contributed by atoms with van der Waals surface area (Å²) in [6.07, 6.45) is 1.40. The van der Waals surface area contributed by atoms with E-state index in [1.807, 2.05) is 0 Å². The van der Waals surface area contributed by atoms with Crippen LogP contribution in [-0.4, -0.2) is 27.7 Å². The number of sulfonamides is 1. The average molecular weight is 335 g/mol. The molecule has 0 bridgehead atoms. The van der Waals surface area contributed by atoms with Gasteiger partial charge in [0.15, 0.2) is 0 Å². The number of ether oxygens (including phenoxy) is 1. The molecule has 1 aliphatic heterocycles. The average Bonchev–Trinajstić information content (AvgIpc) is 2.33. The van der Waals surface area contributed by atoms with Crippen LogP contribution < -0.4 is 10.5 Å². The van der Waals surface area contributed by atoms with Crippen molar-refractivity contribution in [3.63, 3.8) is 0 Å². The first-order valence-electron chi connectivity index (χ1n) is 5.64. The lowest BCUT2D eigenvalue weighted by Crippen LogP contribution is -2.38. The van der Waals surface area contributed by atoms with Crippen molar-refractivity contribution in [2.24, 2.45) is 0 Å². The number of nitrogens with two attached hydrogens (primary N) is 1. The van der Waals surface area contributed by atoms with Crippen molar-refractivity contribution in [3.8, 4) is 0 Å². The molecule has 0 saturated carbocycles. The molecule has 0 radical (unpaired) electrons. The minimum atomic E-state index is -3.51. The highest BCUT2D eigenvalue weighted by Crippen LogP contribution is 2.23. The molecule has 2 rings (SSSR count). The van der Waals surface area contributed by atoms with Gasteiger partial charge in [0.1, 0.15) is 0 Å². The minimum absolute atomic E-state index is 0.0615. The van der Waals surface area contributed by atoms with E-state index in [4.69, 9.17) is 10.5 Å². The zero-order valence-corrected chi connectivity index (χ0v) is 12.1. The fourth-order valence-electron chi connectivity index (χ4n) is 1.79.